The van der Waals surface area contributed by atoms with Crippen molar-refractivity contribution in [2.45, 2.75) is 64.8 Å². The van der Waals surface area contributed by atoms with Crippen LogP contribution in [-0.4, -0.2) is 27.2 Å². The van der Waals surface area contributed by atoms with Crippen LogP contribution >= 0.6 is 27.7 Å². The predicted octanol–water partition coefficient (Wildman–Crippen LogP) is 6.95. The van der Waals surface area contributed by atoms with Gasteiger partial charge in [0.2, 0.25) is 11.0 Å². The number of anilines is 1. The van der Waals surface area contributed by atoms with Gasteiger partial charge in [-0.2, -0.15) is 4.98 Å². The molecule has 0 spiro atoms. The first-order valence-corrected chi connectivity index (χ1v) is 13.4. The van der Waals surface area contributed by atoms with Gasteiger partial charge in [-0.15, -0.1) is 10.2 Å². The summed E-state index contributed by atoms with van der Waals surface area (Å²) >= 11 is 5.20. The zero-order chi connectivity index (χ0) is 22.5. The maximum Gasteiger partial charge on any atom is 0.247 e. The minimum Gasteiger partial charge on any atom is -0.452 e. The molecule has 3 aliphatic rings. The van der Waals surface area contributed by atoms with Gasteiger partial charge in [0.15, 0.2) is 11.9 Å². The van der Waals surface area contributed by atoms with Gasteiger partial charge in [0, 0.05) is 21.6 Å². The van der Waals surface area contributed by atoms with Crippen LogP contribution in [0.1, 0.15) is 53.4 Å². The van der Waals surface area contributed by atoms with Gasteiger partial charge >= 0.3 is 0 Å². The van der Waals surface area contributed by atoms with Crippen LogP contribution in [0.15, 0.2) is 39.5 Å². The van der Waals surface area contributed by atoms with Gasteiger partial charge in [-0.05, 0) is 66.9 Å². The summed E-state index contributed by atoms with van der Waals surface area (Å²) in [6, 6.07) is 6.24. The minimum absolute atomic E-state index is 0.151. The van der Waals surface area contributed by atoms with E-state index in [1.165, 1.54) is 12.8 Å². The second-order valence-electron chi connectivity index (χ2n) is 9.99. The summed E-state index contributed by atoms with van der Waals surface area (Å²) in [6.45, 7) is 9.34. The number of halogens is 1. The second-order valence-corrected chi connectivity index (χ2v) is 12.1. The average molecular weight is 516 g/mol. The quantitative estimate of drug-likeness (QED) is 0.353. The highest BCUT2D eigenvalue weighted by molar-refractivity contribution is 9.10. The number of ether oxygens (including phenoxy) is 1. The number of hydrogen-bond acceptors (Lipinski definition) is 6. The maximum atomic E-state index is 6.65. The van der Waals surface area contributed by atoms with Crippen LogP contribution in [0, 0.1) is 23.2 Å². The van der Waals surface area contributed by atoms with Crippen molar-refractivity contribution in [2.75, 3.05) is 11.1 Å². The number of aromatic nitrogens is 3. The molecule has 32 heavy (non-hydrogen) atoms. The Morgan fingerprint density at radius 3 is 2.94 bits per heavy atom. The van der Waals surface area contributed by atoms with E-state index >= 15 is 0 Å². The second kappa shape index (κ2) is 8.64. The first kappa shape index (κ1) is 22.2. The fourth-order valence-electron chi connectivity index (χ4n) is 5.67. The molecule has 0 bridgehead atoms. The van der Waals surface area contributed by atoms with E-state index in [4.69, 9.17) is 9.72 Å². The Balaban J connectivity index is 1.54. The third kappa shape index (κ3) is 4.07. The van der Waals surface area contributed by atoms with Crippen LogP contribution in [0.3, 0.4) is 0 Å². The monoisotopic (exact) mass is 514 g/mol. The Hall–Kier alpha value is -1.60. The standard InChI is InChI=1S/C25H31BrN4OS/c1-5-32-24-28-23-21(29-30-24)18-12-16(26)8-9-20(18)27-22(31-23)17-13-19-15(11-14(17)2)7-6-10-25(19,3)4/h7-9,12,14,17,19,22,27H,5-6,10-11,13H2,1-4H3/t14-,17+,19+,22-/m0/s1. The molecule has 0 radical (unpaired) electrons. The van der Waals surface area contributed by atoms with E-state index in [0.29, 0.717) is 39.9 Å². The van der Waals surface area contributed by atoms with Crippen molar-refractivity contribution in [1.82, 2.24) is 15.2 Å². The first-order valence-electron chi connectivity index (χ1n) is 11.6. The largest absolute Gasteiger partial charge is 0.452 e. The molecule has 5 rings (SSSR count). The third-order valence-corrected chi connectivity index (χ3v) is 8.67. The Kier molecular flexibility index (Phi) is 5.99. The molecule has 5 nitrogen and oxygen atoms in total. The molecule has 1 saturated carbocycles. The van der Waals surface area contributed by atoms with Crippen molar-refractivity contribution in [3.8, 4) is 17.1 Å². The summed E-state index contributed by atoms with van der Waals surface area (Å²) in [4.78, 5) is 4.77. The fraction of sp³-hybridized carbons (Fsp3) is 0.560. The van der Waals surface area contributed by atoms with E-state index in [1.54, 1.807) is 17.3 Å². The molecule has 4 atom stereocenters. The van der Waals surface area contributed by atoms with Crippen molar-refractivity contribution in [1.29, 1.82) is 0 Å². The van der Waals surface area contributed by atoms with Crippen molar-refractivity contribution >= 4 is 33.4 Å². The molecular formula is C25H31BrN4OS. The Morgan fingerprint density at radius 2 is 2.12 bits per heavy atom. The normalized spacial score (nSPS) is 28.2. The highest BCUT2D eigenvalue weighted by atomic mass is 79.9. The lowest BCUT2D eigenvalue weighted by atomic mass is 9.59. The lowest BCUT2D eigenvalue weighted by Gasteiger charge is -2.48. The lowest BCUT2D eigenvalue weighted by molar-refractivity contribution is 0.0519. The first-order chi connectivity index (χ1) is 15.4. The zero-order valence-corrected chi connectivity index (χ0v) is 21.6. The zero-order valence-electron chi connectivity index (χ0n) is 19.2. The number of allylic oxidation sites excluding steroid dienone is 2. The molecule has 2 heterocycles. The van der Waals surface area contributed by atoms with Gasteiger partial charge in [0.25, 0.3) is 0 Å². The van der Waals surface area contributed by atoms with Gasteiger partial charge < -0.3 is 10.1 Å². The van der Waals surface area contributed by atoms with E-state index in [1.807, 2.05) is 0 Å². The SMILES string of the molecule is CCSc1nnc2c(n1)O[C@@H]([C@@H]1C[C@@H]3C(=CCCC3(C)C)C[C@@H]1C)Nc1ccc(Br)cc1-2. The summed E-state index contributed by atoms with van der Waals surface area (Å²) in [7, 11) is 0. The van der Waals surface area contributed by atoms with Crippen molar-refractivity contribution in [2.24, 2.45) is 23.2 Å². The number of benzene rings is 1. The predicted molar refractivity (Wildman–Crippen MR) is 134 cm³/mol. The number of rotatable bonds is 3. The Labute approximate surface area is 203 Å². The fourth-order valence-corrected chi connectivity index (χ4v) is 6.53. The molecular weight excluding hydrogens is 484 g/mol. The van der Waals surface area contributed by atoms with Crippen LogP contribution in [0.4, 0.5) is 5.69 Å². The molecule has 2 aliphatic carbocycles. The molecule has 170 valence electrons. The molecule has 7 heteroatoms. The van der Waals surface area contributed by atoms with Gasteiger partial charge in [0.1, 0.15) is 0 Å². The molecule has 0 unspecified atom stereocenters. The van der Waals surface area contributed by atoms with Gasteiger partial charge in [-0.1, -0.05) is 67.0 Å². The van der Waals surface area contributed by atoms with Crippen molar-refractivity contribution < 1.29 is 4.74 Å². The molecule has 0 saturated heterocycles. The molecule has 1 aliphatic heterocycles. The van der Waals surface area contributed by atoms with Crippen LogP contribution in [-0.2, 0) is 0 Å². The number of nitrogens with one attached hydrogen (secondary N) is 1. The lowest BCUT2D eigenvalue weighted by Crippen LogP contribution is -2.45. The molecule has 0 amide bonds. The van der Waals surface area contributed by atoms with E-state index in [2.05, 4.69) is 83.4 Å². The van der Waals surface area contributed by atoms with Crippen LogP contribution in [0.2, 0.25) is 0 Å². The topological polar surface area (TPSA) is 59.9 Å². The average Bonchev–Trinajstić information content (AvgIpc) is 2.89. The minimum atomic E-state index is -0.151. The Bertz CT molecular complexity index is 1060. The molecule has 1 aromatic heterocycles. The highest BCUT2D eigenvalue weighted by Gasteiger charge is 2.45. The van der Waals surface area contributed by atoms with Gasteiger partial charge in [-0.25, -0.2) is 0 Å². The van der Waals surface area contributed by atoms with Crippen LogP contribution in [0.25, 0.3) is 11.3 Å². The summed E-state index contributed by atoms with van der Waals surface area (Å²) in [5, 5.41) is 13.3. The van der Waals surface area contributed by atoms with Crippen molar-refractivity contribution in [3.05, 3.63) is 34.3 Å². The van der Waals surface area contributed by atoms with E-state index in [9.17, 15) is 0 Å². The van der Waals surface area contributed by atoms with Crippen LogP contribution in [0.5, 0.6) is 5.88 Å². The summed E-state index contributed by atoms with van der Waals surface area (Å²) in [6.07, 6.45) is 7.12. The highest BCUT2D eigenvalue weighted by Crippen LogP contribution is 2.52. The third-order valence-electron chi connectivity index (χ3n) is 7.45. The smallest absolute Gasteiger partial charge is 0.247 e. The number of fused-ring (bicyclic) bond motifs is 4. The van der Waals surface area contributed by atoms with E-state index < -0.39 is 0 Å². The summed E-state index contributed by atoms with van der Waals surface area (Å²) in [5.41, 5.74) is 4.71. The summed E-state index contributed by atoms with van der Waals surface area (Å²) < 4.78 is 7.65. The van der Waals surface area contributed by atoms with Gasteiger partial charge in [-0.3, -0.25) is 0 Å². The van der Waals surface area contributed by atoms with Crippen molar-refractivity contribution in [3.63, 3.8) is 0 Å². The van der Waals surface area contributed by atoms with E-state index in [-0.39, 0.29) is 6.23 Å². The molecule has 2 aromatic rings. The Morgan fingerprint density at radius 1 is 1.28 bits per heavy atom. The van der Waals surface area contributed by atoms with Crippen LogP contribution < -0.4 is 10.1 Å². The summed E-state index contributed by atoms with van der Waals surface area (Å²) in [5.74, 6) is 3.01. The van der Waals surface area contributed by atoms with E-state index in [0.717, 1.165) is 34.3 Å². The van der Waals surface area contributed by atoms with Gasteiger partial charge in [0.05, 0.1) is 0 Å². The number of thioether (sulfide) groups is 1. The molecule has 1 aromatic carbocycles. The molecule has 1 fully saturated rings. The maximum absolute atomic E-state index is 6.65. The number of nitrogens with zero attached hydrogens (tertiary/aromatic N) is 3. The molecule has 1 N–H and O–H groups in total. The number of hydrogen-bond donors (Lipinski definition) is 1.